The van der Waals surface area contributed by atoms with E-state index < -0.39 is 13.0 Å². The molecule has 0 saturated carbocycles. The fraction of sp³-hybridized carbons (Fsp3) is 0.618. The highest BCUT2D eigenvalue weighted by Gasteiger charge is 2.48. The van der Waals surface area contributed by atoms with Crippen LogP contribution in [-0.4, -0.2) is 56.4 Å². The molecule has 0 atom stereocenters. The van der Waals surface area contributed by atoms with E-state index in [1.165, 1.54) is 32.4 Å². The molecule has 0 radical (unpaired) electrons. The molecule has 2 aliphatic rings. The van der Waals surface area contributed by atoms with E-state index in [2.05, 4.69) is 60.5 Å². The molecule has 1 amide bonds. The maximum absolute atomic E-state index is 14.3. The van der Waals surface area contributed by atoms with Crippen LogP contribution in [0.4, 0.5) is 0 Å². The van der Waals surface area contributed by atoms with Crippen molar-refractivity contribution < 1.29 is 18.4 Å². The number of hydrogen-bond acceptors (Lipinski definition) is 5. The van der Waals surface area contributed by atoms with Gasteiger partial charge in [-0.2, -0.15) is 0 Å². The second kappa shape index (κ2) is 16.0. The third-order valence-corrected chi connectivity index (χ3v) is 10.7. The zero-order valence-electron chi connectivity index (χ0n) is 25.4. The summed E-state index contributed by atoms with van der Waals surface area (Å²) in [6.07, 6.45) is 11.1. The second-order valence-corrected chi connectivity index (χ2v) is 13.9. The monoisotopic (exact) mass is 582 g/mol. The van der Waals surface area contributed by atoms with Crippen molar-refractivity contribution in [1.82, 2.24) is 10.2 Å². The van der Waals surface area contributed by atoms with E-state index in [4.69, 9.17) is 9.05 Å². The summed E-state index contributed by atoms with van der Waals surface area (Å²) in [6.45, 7) is 9.18. The minimum absolute atomic E-state index is 0.0788. The first-order valence-corrected chi connectivity index (χ1v) is 17.8. The molecule has 1 aliphatic heterocycles. The molecule has 0 bridgehead atoms. The topological polar surface area (TPSA) is 67.9 Å². The second-order valence-electron chi connectivity index (χ2n) is 11.7. The van der Waals surface area contributed by atoms with Gasteiger partial charge in [0.25, 0.3) is 0 Å². The van der Waals surface area contributed by atoms with Gasteiger partial charge in [0.2, 0.25) is 5.91 Å². The quantitative estimate of drug-likeness (QED) is 0.143. The van der Waals surface area contributed by atoms with Gasteiger partial charge in [0, 0.05) is 6.54 Å². The zero-order chi connectivity index (χ0) is 29.0. The van der Waals surface area contributed by atoms with Gasteiger partial charge in [0.1, 0.15) is 5.41 Å². The molecule has 1 N–H and O–H groups in total. The van der Waals surface area contributed by atoms with Crippen molar-refractivity contribution in [2.45, 2.75) is 89.9 Å². The summed E-state index contributed by atoms with van der Waals surface area (Å²) in [7, 11) is -3.16. The summed E-state index contributed by atoms with van der Waals surface area (Å²) < 4.78 is 25.2. The lowest BCUT2D eigenvalue weighted by Gasteiger charge is -2.31. The Bertz CT molecular complexity index is 1090. The third kappa shape index (κ3) is 8.10. The number of nitrogens with one attached hydrogen (secondary N) is 1. The van der Waals surface area contributed by atoms with Gasteiger partial charge < -0.3 is 19.3 Å². The molecular formula is C34H51N2O4P. The van der Waals surface area contributed by atoms with E-state index in [-0.39, 0.29) is 5.91 Å². The SMILES string of the molecule is CCCCOP(=O)(CCCCC1(C(=O)NCCCN2CCCCC2)c2ccccc2-c2ccccc21)OCCCC. The molecule has 41 heavy (non-hydrogen) atoms. The molecule has 1 fully saturated rings. The number of unbranched alkanes of at least 4 members (excludes halogenated alkanes) is 3. The number of amides is 1. The van der Waals surface area contributed by atoms with Crippen LogP contribution in [0, 0.1) is 0 Å². The molecule has 4 rings (SSSR count). The molecule has 0 unspecified atom stereocenters. The Hall–Kier alpha value is -1.98. The number of fused-ring (bicyclic) bond motifs is 3. The predicted molar refractivity (Wildman–Crippen MR) is 169 cm³/mol. The van der Waals surface area contributed by atoms with E-state index in [1.807, 2.05) is 12.1 Å². The van der Waals surface area contributed by atoms with Gasteiger partial charge >= 0.3 is 7.60 Å². The summed E-state index contributed by atoms with van der Waals surface area (Å²) >= 11 is 0. The molecule has 1 aliphatic carbocycles. The third-order valence-electron chi connectivity index (χ3n) is 8.64. The maximum Gasteiger partial charge on any atom is 0.330 e. The van der Waals surface area contributed by atoms with E-state index in [0.29, 0.717) is 38.8 Å². The van der Waals surface area contributed by atoms with Crippen LogP contribution in [0.1, 0.15) is 95.6 Å². The highest BCUT2D eigenvalue weighted by atomic mass is 31.2. The number of carbonyl (C=O) groups excluding carboxylic acids is 1. The molecular weight excluding hydrogens is 531 g/mol. The van der Waals surface area contributed by atoms with Crippen LogP contribution in [0.25, 0.3) is 11.1 Å². The number of likely N-dealkylation sites (tertiary alicyclic amines) is 1. The molecule has 2 aromatic carbocycles. The first-order valence-electron chi connectivity index (χ1n) is 16.1. The average Bonchev–Trinajstić information content (AvgIpc) is 3.29. The van der Waals surface area contributed by atoms with Crippen molar-refractivity contribution in [3.05, 3.63) is 59.7 Å². The lowest BCUT2D eigenvalue weighted by Crippen LogP contribution is -2.45. The van der Waals surface area contributed by atoms with Crippen molar-refractivity contribution in [3.63, 3.8) is 0 Å². The fourth-order valence-corrected chi connectivity index (χ4v) is 8.11. The lowest BCUT2D eigenvalue weighted by atomic mass is 9.73. The Morgan fingerprint density at radius 1 is 0.829 bits per heavy atom. The fourth-order valence-electron chi connectivity index (χ4n) is 6.35. The van der Waals surface area contributed by atoms with E-state index in [0.717, 1.165) is 67.3 Å². The smallest absolute Gasteiger partial charge is 0.330 e. The number of rotatable bonds is 18. The van der Waals surface area contributed by atoms with Crippen LogP contribution < -0.4 is 5.32 Å². The van der Waals surface area contributed by atoms with Gasteiger partial charge in [0.15, 0.2) is 0 Å². The minimum Gasteiger partial charge on any atom is -0.355 e. The molecule has 0 spiro atoms. The van der Waals surface area contributed by atoms with E-state index >= 15 is 0 Å². The highest BCUT2D eigenvalue weighted by Crippen LogP contribution is 2.53. The van der Waals surface area contributed by atoms with Gasteiger partial charge in [-0.05, 0) is 86.8 Å². The highest BCUT2D eigenvalue weighted by molar-refractivity contribution is 7.53. The Kier molecular flexibility index (Phi) is 12.5. The summed E-state index contributed by atoms with van der Waals surface area (Å²) in [5.41, 5.74) is 3.69. The summed E-state index contributed by atoms with van der Waals surface area (Å²) in [5.74, 6) is 0.0788. The van der Waals surface area contributed by atoms with Crippen LogP contribution in [-0.2, 0) is 23.8 Å². The molecule has 2 aromatic rings. The van der Waals surface area contributed by atoms with Gasteiger partial charge in [-0.15, -0.1) is 0 Å². The minimum atomic E-state index is -3.16. The number of piperidine rings is 1. The van der Waals surface area contributed by atoms with Gasteiger partial charge in [-0.25, -0.2) is 0 Å². The van der Waals surface area contributed by atoms with E-state index in [9.17, 15) is 9.36 Å². The van der Waals surface area contributed by atoms with Crippen LogP contribution in [0.3, 0.4) is 0 Å². The Morgan fingerprint density at radius 3 is 2.00 bits per heavy atom. The standard InChI is InChI=1S/C34H51N2O4P/c1-3-5-26-39-41(38,40-27-6-4-2)28-15-12-21-34(33(37)35-22-16-25-36-23-13-7-14-24-36)31-19-10-8-17-29(31)30-18-9-11-20-32(30)34/h8-11,17-20H,3-7,12-16,21-28H2,1-2H3,(H,35,37). The zero-order valence-corrected chi connectivity index (χ0v) is 26.3. The molecule has 1 heterocycles. The molecule has 6 nitrogen and oxygen atoms in total. The summed E-state index contributed by atoms with van der Waals surface area (Å²) in [4.78, 5) is 16.8. The van der Waals surface area contributed by atoms with Crippen molar-refractivity contribution in [2.75, 3.05) is 45.6 Å². The molecule has 0 aromatic heterocycles. The Labute approximate surface area is 248 Å². The lowest BCUT2D eigenvalue weighted by molar-refractivity contribution is -0.125. The normalized spacial score (nSPS) is 16.3. The number of benzene rings is 2. The first-order chi connectivity index (χ1) is 20.0. The van der Waals surface area contributed by atoms with Crippen molar-refractivity contribution in [2.24, 2.45) is 0 Å². The molecule has 226 valence electrons. The number of hydrogen-bond donors (Lipinski definition) is 1. The maximum atomic E-state index is 14.3. The van der Waals surface area contributed by atoms with Gasteiger partial charge in [-0.3, -0.25) is 9.36 Å². The first kappa shape index (κ1) is 31.9. The number of carbonyl (C=O) groups is 1. The van der Waals surface area contributed by atoms with E-state index in [1.54, 1.807) is 0 Å². The van der Waals surface area contributed by atoms with Crippen LogP contribution in [0.15, 0.2) is 48.5 Å². The summed E-state index contributed by atoms with van der Waals surface area (Å²) in [6, 6.07) is 16.7. The van der Waals surface area contributed by atoms with Crippen molar-refractivity contribution in [1.29, 1.82) is 0 Å². The average molecular weight is 583 g/mol. The van der Waals surface area contributed by atoms with Crippen molar-refractivity contribution in [3.8, 4) is 11.1 Å². The van der Waals surface area contributed by atoms with Gasteiger partial charge in [0.05, 0.1) is 19.4 Å². The van der Waals surface area contributed by atoms with Crippen LogP contribution in [0.5, 0.6) is 0 Å². The van der Waals surface area contributed by atoms with Crippen LogP contribution in [0.2, 0.25) is 0 Å². The largest absolute Gasteiger partial charge is 0.355 e. The molecule has 1 saturated heterocycles. The molecule has 7 heteroatoms. The van der Waals surface area contributed by atoms with Gasteiger partial charge in [-0.1, -0.05) is 88.1 Å². The van der Waals surface area contributed by atoms with Crippen molar-refractivity contribution >= 4 is 13.5 Å². The predicted octanol–water partition coefficient (Wildman–Crippen LogP) is 7.94. The Balaban J connectivity index is 1.47. The van der Waals surface area contributed by atoms with Crippen LogP contribution >= 0.6 is 7.60 Å². The summed E-state index contributed by atoms with van der Waals surface area (Å²) in [5, 5.41) is 3.34. The number of nitrogens with zero attached hydrogens (tertiary/aromatic N) is 1. The Morgan fingerprint density at radius 2 is 1.41 bits per heavy atom.